The molecule has 0 unspecified atom stereocenters. The number of hydrogen-bond acceptors (Lipinski definition) is 5. The number of piperidine rings is 1. The molecule has 32 heavy (non-hydrogen) atoms. The molecule has 1 aromatic carbocycles. The van der Waals surface area contributed by atoms with Crippen LogP contribution < -0.4 is 10.6 Å². The zero-order valence-corrected chi connectivity index (χ0v) is 18.6. The number of hydrogen-bond donors (Lipinski definition) is 2. The van der Waals surface area contributed by atoms with Crippen LogP contribution in [0.25, 0.3) is 0 Å². The van der Waals surface area contributed by atoms with Crippen LogP contribution in [0.5, 0.6) is 0 Å². The largest absolute Gasteiger partial charge is 0.367 e. The molecular weight excluding hydrogens is 402 g/mol. The van der Waals surface area contributed by atoms with Crippen LogP contribution in [0.4, 0.5) is 5.82 Å². The van der Waals surface area contributed by atoms with Gasteiger partial charge in [0.1, 0.15) is 5.82 Å². The molecule has 2 N–H and O–H groups in total. The molecule has 2 aliphatic rings. The fraction of sp³-hybridized carbons (Fsp3) is 0.480. The van der Waals surface area contributed by atoms with Gasteiger partial charge in [-0.25, -0.2) is 4.98 Å². The number of nitrogens with zero attached hydrogens (tertiary/aromatic N) is 3. The molecule has 2 saturated heterocycles. The number of nitrogens with one attached hydrogen (secondary N) is 2. The fourth-order valence-electron chi connectivity index (χ4n) is 4.45. The molecule has 3 heterocycles. The molecule has 2 fully saturated rings. The van der Waals surface area contributed by atoms with Crippen molar-refractivity contribution in [3.05, 3.63) is 59.8 Å². The van der Waals surface area contributed by atoms with Crippen molar-refractivity contribution in [2.45, 2.75) is 44.7 Å². The third-order valence-electron chi connectivity index (χ3n) is 6.27. The van der Waals surface area contributed by atoms with Crippen LogP contribution >= 0.6 is 0 Å². The van der Waals surface area contributed by atoms with Gasteiger partial charge in [-0.1, -0.05) is 30.3 Å². The number of aromatic nitrogens is 1. The minimum atomic E-state index is -0.0964. The first kappa shape index (κ1) is 22.3. The number of carbonyl (C=O) groups is 2. The van der Waals surface area contributed by atoms with E-state index in [0.29, 0.717) is 31.1 Å². The van der Waals surface area contributed by atoms with Crippen LogP contribution in [-0.4, -0.2) is 65.4 Å². The minimum Gasteiger partial charge on any atom is -0.367 e. The Morgan fingerprint density at radius 3 is 2.66 bits per heavy atom. The van der Waals surface area contributed by atoms with Gasteiger partial charge in [0.25, 0.3) is 5.91 Å². The van der Waals surface area contributed by atoms with Crippen LogP contribution in [-0.2, 0) is 11.3 Å². The Bertz CT molecular complexity index is 896. The predicted molar refractivity (Wildman–Crippen MR) is 125 cm³/mol. The molecule has 170 valence electrons. The second-order valence-electron chi connectivity index (χ2n) is 8.70. The summed E-state index contributed by atoms with van der Waals surface area (Å²) in [6.07, 6.45) is 6.18. The summed E-state index contributed by atoms with van der Waals surface area (Å²) in [5.41, 5.74) is 1.97. The maximum Gasteiger partial charge on any atom is 0.251 e. The Morgan fingerprint density at radius 1 is 1.09 bits per heavy atom. The van der Waals surface area contributed by atoms with Crippen molar-refractivity contribution in [2.24, 2.45) is 0 Å². The van der Waals surface area contributed by atoms with Crippen molar-refractivity contribution in [1.82, 2.24) is 20.1 Å². The highest BCUT2D eigenvalue weighted by Gasteiger charge is 2.20. The maximum atomic E-state index is 12.5. The molecule has 0 saturated carbocycles. The van der Waals surface area contributed by atoms with E-state index in [1.54, 1.807) is 12.3 Å². The van der Waals surface area contributed by atoms with Gasteiger partial charge in [0.15, 0.2) is 0 Å². The summed E-state index contributed by atoms with van der Waals surface area (Å²) >= 11 is 0. The summed E-state index contributed by atoms with van der Waals surface area (Å²) < 4.78 is 0. The SMILES string of the molecule is O=C(NCCCN1CCCC1=O)c1ccnc(NC2CCN(Cc3ccccc3)CC2)c1. The number of benzene rings is 1. The van der Waals surface area contributed by atoms with E-state index in [0.717, 1.165) is 57.7 Å². The third kappa shape index (κ3) is 6.29. The standard InChI is InChI=1S/C25H33N5O2/c31-24-8-4-14-30(24)15-5-12-27-25(32)21-9-13-26-23(18-21)28-22-10-16-29(17-11-22)19-20-6-2-1-3-7-20/h1-3,6-7,9,13,18,22H,4-5,8,10-12,14-17,19H2,(H,26,28)(H,27,32). The molecule has 0 radical (unpaired) electrons. The molecule has 0 aliphatic carbocycles. The summed E-state index contributed by atoms with van der Waals surface area (Å²) in [6.45, 7) is 5.21. The Kier molecular flexibility index (Phi) is 7.72. The Balaban J connectivity index is 1.19. The van der Waals surface area contributed by atoms with Gasteiger partial charge < -0.3 is 15.5 Å². The molecule has 1 aromatic heterocycles. The van der Waals surface area contributed by atoms with E-state index in [1.165, 1.54) is 5.56 Å². The van der Waals surface area contributed by atoms with Gasteiger partial charge in [-0.3, -0.25) is 14.5 Å². The van der Waals surface area contributed by atoms with E-state index in [2.05, 4.69) is 50.8 Å². The van der Waals surface area contributed by atoms with Crippen molar-refractivity contribution < 1.29 is 9.59 Å². The van der Waals surface area contributed by atoms with Crippen LogP contribution in [0.3, 0.4) is 0 Å². The quantitative estimate of drug-likeness (QED) is 0.592. The van der Waals surface area contributed by atoms with Gasteiger partial charge in [0.2, 0.25) is 5.91 Å². The van der Waals surface area contributed by atoms with Gasteiger partial charge in [-0.2, -0.15) is 0 Å². The smallest absolute Gasteiger partial charge is 0.251 e. The zero-order valence-electron chi connectivity index (χ0n) is 18.6. The third-order valence-corrected chi connectivity index (χ3v) is 6.27. The predicted octanol–water partition coefficient (Wildman–Crippen LogP) is 2.90. The van der Waals surface area contributed by atoms with Gasteiger partial charge in [0.05, 0.1) is 0 Å². The summed E-state index contributed by atoms with van der Waals surface area (Å²) in [7, 11) is 0. The van der Waals surface area contributed by atoms with Crippen LogP contribution in [0.2, 0.25) is 0 Å². The summed E-state index contributed by atoms with van der Waals surface area (Å²) in [6, 6.07) is 14.5. The summed E-state index contributed by atoms with van der Waals surface area (Å²) in [5, 5.41) is 6.47. The number of rotatable bonds is 9. The van der Waals surface area contributed by atoms with Gasteiger partial charge in [0, 0.05) is 63.5 Å². The van der Waals surface area contributed by atoms with E-state index in [9.17, 15) is 9.59 Å². The van der Waals surface area contributed by atoms with Crippen LogP contribution in [0.15, 0.2) is 48.7 Å². The number of carbonyl (C=O) groups excluding carboxylic acids is 2. The zero-order chi connectivity index (χ0) is 22.2. The molecule has 0 spiro atoms. The summed E-state index contributed by atoms with van der Waals surface area (Å²) in [4.78, 5) is 32.9. The highest BCUT2D eigenvalue weighted by Crippen LogP contribution is 2.18. The van der Waals surface area contributed by atoms with Crippen LogP contribution in [0, 0.1) is 0 Å². The minimum absolute atomic E-state index is 0.0964. The van der Waals surface area contributed by atoms with Crippen molar-refractivity contribution in [2.75, 3.05) is 38.0 Å². The molecule has 2 aliphatic heterocycles. The highest BCUT2D eigenvalue weighted by atomic mass is 16.2. The average Bonchev–Trinajstić information content (AvgIpc) is 3.23. The lowest BCUT2D eigenvalue weighted by molar-refractivity contribution is -0.127. The van der Waals surface area contributed by atoms with Gasteiger partial charge in [-0.05, 0) is 43.4 Å². The fourth-order valence-corrected chi connectivity index (χ4v) is 4.45. The lowest BCUT2D eigenvalue weighted by atomic mass is 10.0. The van der Waals surface area contributed by atoms with Crippen molar-refractivity contribution in [1.29, 1.82) is 0 Å². The Morgan fingerprint density at radius 2 is 1.91 bits per heavy atom. The first-order chi connectivity index (χ1) is 15.7. The van der Waals surface area contributed by atoms with E-state index < -0.39 is 0 Å². The monoisotopic (exact) mass is 435 g/mol. The molecule has 0 atom stereocenters. The van der Waals surface area contributed by atoms with E-state index >= 15 is 0 Å². The van der Waals surface area contributed by atoms with E-state index in [4.69, 9.17) is 0 Å². The second-order valence-corrected chi connectivity index (χ2v) is 8.70. The number of anilines is 1. The first-order valence-electron chi connectivity index (χ1n) is 11.7. The number of pyridine rings is 1. The van der Waals surface area contributed by atoms with Gasteiger partial charge >= 0.3 is 0 Å². The topological polar surface area (TPSA) is 77.6 Å². The highest BCUT2D eigenvalue weighted by molar-refractivity contribution is 5.94. The maximum absolute atomic E-state index is 12.5. The molecule has 2 aromatic rings. The molecule has 0 bridgehead atoms. The molecule has 7 nitrogen and oxygen atoms in total. The number of likely N-dealkylation sites (tertiary alicyclic amines) is 2. The summed E-state index contributed by atoms with van der Waals surface area (Å²) in [5.74, 6) is 0.884. The lowest BCUT2D eigenvalue weighted by Gasteiger charge is -2.32. The molecular formula is C25H33N5O2. The van der Waals surface area contributed by atoms with Gasteiger partial charge in [-0.15, -0.1) is 0 Å². The van der Waals surface area contributed by atoms with Crippen molar-refractivity contribution in [3.8, 4) is 0 Å². The number of amides is 2. The first-order valence-corrected chi connectivity index (χ1v) is 11.7. The van der Waals surface area contributed by atoms with E-state index in [-0.39, 0.29) is 11.8 Å². The average molecular weight is 436 g/mol. The molecule has 2 amide bonds. The Hall–Kier alpha value is -2.93. The van der Waals surface area contributed by atoms with E-state index in [1.807, 2.05) is 11.0 Å². The van der Waals surface area contributed by atoms with Crippen molar-refractivity contribution >= 4 is 17.6 Å². The normalized spacial score (nSPS) is 17.5. The van der Waals surface area contributed by atoms with Crippen molar-refractivity contribution in [3.63, 3.8) is 0 Å². The lowest BCUT2D eigenvalue weighted by Crippen LogP contribution is -2.38. The molecule has 7 heteroatoms. The van der Waals surface area contributed by atoms with Crippen LogP contribution in [0.1, 0.15) is 48.0 Å². The molecule has 4 rings (SSSR count). The second kappa shape index (κ2) is 11.1. The Labute approximate surface area is 190 Å².